The average Bonchev–Trinajstić information content (AvgIpc) is 2.33. The van der Waals surface area contributed by atoms with Crippen molar-refractivity contribution in [3.8, 4) is 0 Å². The summed E-state index contributed by atoms with van der Waals surface area (Å²) < 4.78 is 0. The van der Waals surface area contributed by atoms with Crippen LogP contribution in [-0.2, 0) is 0 Å². The minimum Gasteiger partial charge on any atom is -0.316 e. The van der Waals surface area contributed by atoms with Crippen molar-refractivity contribution >= 4 is 0 Å². The van der Waals surface area contributed by atoms with Gasteiger partial charge in [0.05, 0.1) is 0 Å². The smallest absolute Gasteiger partial charge is 0.00954 e. The summed E-state index contributed by atoms with van der Waals surface area (Å²) in [6.45, 7) is 14.1. The molecule has 0 aromatic carbocycles. The summed E-state index contributed by atoms with van der Waals surface area (Å²) in [5, 5.41) is 3.56. The third-order valence-electron chi connectivity index (χ3n) is 4.87. The lowest BCUT2D eigenvalue weighted by atomic mass is 9.75. The molecule has 1 aliphatic carbocycles. The summed E-state index contributed by atoms with van der Waals surface area (Å²) in [6, 6.07) is 1.51. The maximum Gasteiger partial charge on any atom is 0.00954 e. The monoisotopic (exact) mass is 268 g/mol. The van der Waals surface area contributed by atoms with Crippen LogP contribution in [-0.4, -0.2) is 37.1 Å². The van der Waals surface area contributed by atoms with E-state index in [4.69, 9.17) is 0 Å². The van der Waals surface area contributed by atoms with Crippen molar-refractivity contribution in [1.82, 2.24) is 10.2 Å². The molecule has 114 valence electrons. The third-order valence-corrected chi connectivity index (χ3v) is 4.87. The highest BCUT2D eigenvalue weighted by Gasteiger charge is 2.30. The molecule has 0 saturated heterocycles. The van der Waals surface area contributed by atoms with Crippen molar-refractivity contribution in [3.63, 3.8) is 0 Å². The molecule has 0 aromatic rings. The largest absolute Gasteiger partial charge is 0.316 e. The molecule has 0 aromatic heterocycles. The van der Waals surface area contributed by atoms with Crippen LogP contribution in [0.2, 0.25) is 0 Å². The minimum atomic E-state index is 0.583. The highest BCUT2D eigenvalue weighted by Crippen LogP contribution is 2.37. The predicted octanol–water partition coefficient (Wildman–Crippen LogP) is 3.91. The highest BCUT2D eigenvalue weighted by molar-refractivity contribution is 4.84. The van der Waals surface area contributed by atoms with Crippen LogP contribution in [0.4, 0.5) is 0 Å². The van der Waals surface area contributed by atoms with Crippen LogP contribution in [0.1, 0.15) is 66.7 Å². The minimum absolute atomic E-state index is 0.583. The first-order valence-electron chi connectivity index (χ1n) is 8.24. The SMILES string of the molecule is CC(C)CNCCC(C)N(C)C1CCC(C)(C)CC1. The highest BCUT2D eigenvalue weighted by atomic mass is 15.2. The Bertz CT molecular complexity index is 238. The van der Waals surface area contributed by atoms with E-state index in [1.807, 2.05) is 0 Å². The molecule has 0 bridgehead atoms. The molecule has 1 atom stereocenters. The molecule has 1 aliphatic rings. The van der Waals surface area contributed by atoms with Crippen molar-refractivity contribution in [2.24, 2.45) is 11.3 Å². The molecule has 19 heavy (non-hydrogen) atoms. The second kappa shape index (κ2) is 7.64. The summed E-state index contributed by atoms with van der Waals surface area (Å²) in [5.41, 5.74) is 0.583. The van der Waals surface area contributed by atoms with Crippen molar-refractivity contribution in [2.45, 2.75) is 78.8 Å². The van der Waals surface area contributed by atoms with E-state index in [0.717, 1.165) is 25.0 Å². The fraction of sp³-hybridized carbons (Fsp3) is 1.00. The van der Waals surface area contributed by atoms with Crippen LogP contribution in [0, 0.1) is 11.3 Å². The Kier molecular flexibility index (Phi) is 6.82. The van der Waals surface area contributed by atoms with Crippen LogP contribution in [0.25, 0.3) is 0 Å². The standard InChI is InChI=1S/C17H36N2/c1-14(2)13-18-12-9-15(3)19(6)16-7-10-17(4,5)11-8-16/h14-16,18H,7-13H2,1-6H3. The second-order valence-electron chi connectivity index (χ2n) is 7.80. The fourth-order valence-electron chi connectivity index (χ4n) is 3.06. The zero-order valence-corrected chi connectivity index (χ0v) is 14.1. The third kappa shape index (κ3) is 6.27. The van der Waals surface area contributed by atoms with Crippen molar-refractivity contribution in [3.05, 3.63) is 0 Å². The Morgan fingerprint density at radius 1 is 1.16 bits per heavy atom. The zero-order chi connectivity index (χ0) is 14.5. The lowest BCUT2D eigenvalue weighted by Gasteiger charge is -2.41. The average molecular weight is 268 g/mol. The van der Waals surface area contributed by atoms with E-state index in [-0.39, 0.29) is 0 Å². The molecule has 0 heterocycles. The first-order chi connectivity index (χ1) is 8.82. The Morgan fingerprint density at radius 2 is 1.74 bits per heavy atom. The summed E-state index contributed by atoms with van der Waals surface area (Å²) in [5.74, 6) is 0.758. The summed E-state index contributed by atoms with van der Waals surface area (Å²) in [4.78, 5) is 2.63. The first-order valence-corrected chi connectivity index (χ1v) is 8.24. The lowest BCUT2D eigenvalue weighted by molar-refractivity contribution is 0.0969. The molecule has 0 spiro atoms. The maximum absolute atomic E-state index is 3.56. The molecule has 0 radical (unpaired) electrons. The topological polar surface area (TPSA) is 15.3 Å². The van der Waals surface area contributed by atoms with E-state index in [1.54, 1.807) is 0 Å². The lowest BCUT2D eigenvalue weighted by Crippen LogP contribution is -2.43. The molecule has 0 aliphatic heterocycles. The van der Waals surface area contributed by atoms with E-state index >= 15 is 0 Å². The molecule has 2 heteroatoms. The van der Waals surface area contributed by atoms with Crippen LogP contribution < -0.4 is 5.32 Å². The van der Waals surface area contributed by atoms with E-state index < -0.39 is 0 Å². The molecule has 1 fully saturated rings. The van der Waals surface area contributed by atoms with Gasteiger partial charge in [0.15, 0.2) is 0 Å². The van der Waals surface area contributed by atoms with Gasteiger partial charge < -0.3 is 10.2 Å². The van der Waals surface area contributed by atoms with Gasteiger partial charge in [-0.2, -0.15) is 0 Å². The number of rotatable bonds is 7. The van der Waals surface area contributed by atoms with Gasteiger partial charge in [-0.1, -0.05) is 27.7 Å². The van der Waals surface area contributed by atoms with E-state index in [9.17, 15) is 0 Å². The maximum atomic E-state index is 3.56. The summed E-state index contributed by atoms with van der Waals surface area (Å²) in [6.07, 6.45) is 6.81. The second-order valence-corrected chi connectivity index (χ2v) is 7.80. The zero-order valence-electron chi connectivity index (χ0n) is 14.1. The van der Waals surface area contributed by atoms with Crippen molar-refractivity contribution in [1.29, 1.82) is 0 Å². The Morgan fingerprint density at radius 3 is 2.26 bits per heavy atom. The molecule has 1 unspecified atom stereocenters. The number of hydrogen-bond donors (Lipinski definition) is 1. The summed E-state index contributed by atoms with van der Waals surface area (Å²) in [7, 11) is 2.33. The summed E-state index contributed by atoms with van der Waals surface area (Å²) >= 11 is 0. The van der Waals surface area contributed by atoms with Gasteiger partial charge in [0.25, 0.3) is 0 Å². The normalized spacial score (nSPS) is 22.1. The van der Waals surface area contributed by atoms with Gasteiger partial charge >= 0.3 is 0 Å². The Hall–Kier alpha value is -0.0800. The molecule has 1 N–H and O–H groups in total. The van der Waals surface area contributed by atoms with E-state index in [0.29, 0.717) is 11.5 Å². The molecular formula is C17H36N2. The molecular weight excluding hydrogens is 232 g/mol. The van der Waals surface area contributed by atoms with Gasteiger partial charge in [-0.25, -0.2) is 0 Å². The van der Waals surface area contributed by atoms with E-state index in [2.05, 4.69) is 51.9 Å². The Labute approximate surface area is 121 Å². The molecule has 1 rings (SSSR count). The van der Waals surface area contributed by atoms with Gasteiger partial charge in [0.1, 0.15) is 0 Å². The van der Waals surface area contributed by atoms with E-state index in [1.165, 1.54) is 32.1 Å². The number of nitrogens with zero attached hydrogens (tertiary/aromatic N) is 1. The number of nitrogens with one attached hydrogen (secondary N) is 1. The van der Waals surface area contributed by atoms with Crippen molar-refractivity contribution in [2.75, 3.05) is 20.1 Å². The van der Waals surface area contributed by atoms with Crippen LogP contribution in [0.3, 0.4) is 0 Å². The van der Waals surface area contributed by atoms with Crippen LogP contribution in [0.15, 0.2) is 0 Å². The van der Waals surface area contributed by atoms with Gasteiger partial charge in [0.2, 0.25) is 0 Å². The van der Waals surface area contributed by atoms with Crippen molar-refractivity contribution < 1.29 is 0 Å². The van der Waals surface area contributed by atoms with Crippen LogP contribution in [0.5, 0.6) is 0 Å². The number of hydrogen-bond acceptors (Lipinski definition) is 2. The fourth-order valence-corrected chi connectivity index (χ4v) is 3.06. The molecule has 2 nitrogen and oxygen atoms in total. The first kappa shape index (κ1) is 17.0. The predicted molar refractivity (Wildman–Crippen MR) is 85.6 cm³/mol. The van der Waals surface area contributed by atoms with Gasteiger partial charge in [-0.15, -0.1) is 0 Å². The van der Waals surface area contributed by atoms with Crippen LogP contribution >= 0.6 is 0 Å². The quantitative estimate of drug-likeness (QED) is 0.704. The van der Waals surface area contributed by atoms with Gasteiger partial charge in [-0.3, -0.25) is 0 Å². The van der Waals surface area contributed by atoms with Gasteiger partial charge in [0, 0.05) is 12.1 Å². The molecule has 0 amide bonds. The van der Waals surface area contributed by atoms with Gasteiger partial charge in [-0.05, 0) is 70.5 Å². The Balaban J connectivity index is 2.23. The molecule has 1 saturated carbocycles.